The van der Waals surface area contributed by atoms with Crippen LogP contribution in [0.15, 0.2) is 42.5 Å². The molecule has 1 amide bonds. The van der Waals surface area contributed by atoms with E-state index < -0.39 is 5.97 Å². The van der Waals surface area contributed by atoms with Crippen LogP contribution in [-0.4, -0.2) is 30.2 Å². The van der Waals surface area contributed by atoms with Gasteiger partial charge in [0.25, 0.3) is 0 Å². The first-order chi connectivity index (χ1) is 11.9. The molecule has 2 aromatic carbocycles. The summed E-state index contributed by atoms with van der Waals surface area (Å²) in [7, 11) is 1.42. The van der Waals surface area contributed by atoms with E-state index in [1.807, 2.05) is 38.1 Å². The van der Waals surface area contributed by atoms with Crippen molar-refractivity contribution in [2.45, 2.75) is 26.4 Å². The van der Waals surface area contributed by atoms with Crippen LogP contribution in [0.2, 0.25) is 0 Å². The molecule has 0 saturated carbocycles. The summed E-state index contributed by atoms with van der Waals surface area (Å²) in [5.41, 5.74) is 1.28. The summed E-state index contributed by atoms with van der Waals surface area (Å²) in [6.45, 7) is 3.84. The molecule has 0 atom stereocenters. The van der Waals surface area contributed by atoms with Gasteiger partial charge in [-0.1, -0.05) is 18.2 Å². The van der Waals surface area contributed by atoms with Crippen LogP contribution in [0.1, 0.15) is 29.8 Å². The summed E-state index contributed by atoms with van der Waals surface area (Å²) in [5.74, 6) is -0.349. The van der Waals surface area contributed by atoms with Crippen LogP contribution in [-0.2, 0) is 11.2 Å². The smallest absolute Gasteiger partial charge is 0.335 e. The zero-order chi connectivity index (χ0) is 18.4. The molecule has 0 aromatic heterocycles. The number of carbonyl (C=O) groups excluding carboxylic acids is 1. The number of anilines is 1. The van der Waals surface area contributed by atoms with E-state index in [0.29, 0.717) is 17.2 Å². The highest BCUT2D eigenvalue weighted by Gasteiger charge is 2.14. The van der Waals surface area contributed by atoms with Crippen molar-refractivity contribution in [2.75, 3.05) is 12.4 Å². The van der Waals surface area contributed by atoms with E-state index in [-0.39, 0.29) is 24.0 Å². The third-order valence-corrected chi connectivity index (χ3v) is 3.41. The number of carboxylic acid groups (broad SMARTS) is 1. The predicted molar refractivity (Wildman–Crippen MR) is 94.5 cm³/mol. The zero-order valence-electron chi connectivity index (χ0n) is 14.4. The van der Waals surface area contributed by atoms with E-state index in [1.165, 1.54) is 25.3 Å². The van der Waals surface area contributed by atoms with Crippen molar-refractivity contribution in [3.63, 3.8) is 0 Å². The second-order valence-electron chi connectivity index (χ2n) is 5.72. The average Bonchev–Trinajstić information content (AvgIpc) is 2.56. The van der Waals surface area contributed by atoms with Crippen LogP contribution < -0.4 is 14.8 Å². The van der Waals surface area contributed by atoms with Gasteiger partial charge in [0, 0.05) is 5.56 Å². The molecule has 0 unspecified atom stereocenters. The molecule has 6 heteroatoms. The van der Waals surface area contributed by atoms with Gasteiger partial charge in [0.15, 0.2) is 0 Å². The maximum Gasteiger partial charge on any atom is 0.335 e. The van der Waals surface area contributed by atoms with Gasteiger partial charge in [0.05, 0.1) is 30.9 Å². The van der Waals surface area contributed by atoms with E-state index in [1.54, 1.807) is 0 Å². The Bertz CT molecular complexity index is 770. The van der Waals surface area contributed by atoms with Crippen molar-refractivity contribution < 1.29 is 24.2 Å². The molecule has 132 valence electrons. The fraction of sp³-hybridized carbons (Fsp3) is 0.263. The highest BCUT2D eigenvalue weighted by atomic mass is 16.5. The highest BCUT2D eigenvalue weighted by Crippen LogP contribution is 2.26. The molecule has 2 N–H and O–H groups in total. The Morgan fingerprint density at radius 2 is 1.84 bits per heavy atom. The maximum atomic E-state index is 12.4. The number of aromatic carboxylic acids is 1. The van der Waals surface area contributed by atoms with Crippen molar-refractivity contribution >= 4 is 17.6 Å². The molecule has 6 nitrogen and oxygen atoms in total. The first-order valence-corrected chi connectivity index (χ1v) is 7.86. The zero-order valence-corrected chi connectivity index (χ0v) is 14.4. The third-order valence-electron chi connectivity index (χ3n) is 3.41. The number of carbonyl (C=O) groups is 2. The average molecular weight is 343 g/mol. The van der Waals surface area contributed by atoms with Gasteiger partial charge in [-0.05, 0) is 38.1 Å². The summed E-state index contributed by atoms with van der Waals surface area (Å²) < 4.78 is 10.9. The summed E-state index contributed by atoms with van der Waals surface area (Å²) in [6, 6.07) is 11.7. The van der Waals surface area contributed by atoms with Crippen molar-refractivity contribution in [1.29, 1.82) is 0 Å². The lowest BCUT2D eigenvalue weighted by molar-refractivity contribution is -0.115. The first-order valence-electron chi connectivity index (χ1n) is 7.86. The van der Waals surface area contributed by atoms with Gasteiger partial charge in [0.1, 0.15) is 11.5 Å². The van der Waals surface area contributed by atoms with Crippen LogP contribution >= 0.6 is 0 Å². The fourth-order valence-corrected chi connectivity index (χ4v) is 2.31. The van der Waals surface area contributed by atoms with Gasteiger partial charge in [-0.15, -0.1) is 0 Å². The molecule has 0 aliphatic rings. The van der Waals surface area contributed by atoms with Crippen LogP contribution in [0.4, 0.5) is 5.69 Å². The number of methoxy groups -OCH3 is 1. The van der Waals surface area contributed by atoms with Crippen molar-refractivity contribution in [3.05, 3.63) is 53.6 Å². The molecule has 2 aromatic rings. The lowest BCUT2D eigenvalue weighted by atomic mass is 10.1. The molecular weight excluding hydrogens is 322 g/mol. The second kappa shape index (κ2) is 8.19. The molecule has 0 heterocycles. The quantitative estimate of drug-likeness (QED) is 0.805. The Kier molecular flexibility index (Phi) is 6.00. The summed E-state index contributed by atoms with van der Waals surface area (Å²) in [5, 5.41) is 11.8. The maximum absolute atomic E-state index is 12.4. The number of hydrogen-bond acceptors (Lipinski definition) is 4. The SMILES string of the molecule is COc1cc(C(=O)O)ccc1NC(=O)Cc1ccccc1OC(C)C. The van der Waals surface area contributed by atoms with Crippen LogP contribution in [0.3, 0.4) is 0 Å². The Morgan fingerprint density at radius 3 is 2.48 bits per heavy atom. The van der Waals surface area contributed by atoms with Gasteiger partial charge in [-0.25, -0.2) is 4.79 Å². The second-order valence-corrected chi connectivity index (χ2v) is 5.72. The van der Waals surface area contributed by atoms with Crippen molar-refractivity contribution in [1.82, 2.24) is 0 Å². The highest BCUT2D eigenvalue weighted by molar-refractivity contribution is 5.95. The normalized spacial score (nSPS) is 10.4. The van der Waals surface area contributed by atoms with Crippen LogP contribution in [0.5, 0.6) is 11.5 Å². The Balaban J connectivity index is 2.14. The van der Waals surface area contributed by atoms with Gasteiger partial charge >= 0.3 is 5.97 Å². The largest absolute Gasteiger partial charge is 0.495 e. The Hall–Kier alpha value is -3.02. The molecule has 0 spiro atoms. The fourth-order valence-electron chi connectivity index (χ4n) is 2.31. The number of rotatable bonds is 7. The molecule has 0 fully saturated rings. The van der Waals surface area contributed by atoms with Gasteiger partial charge in [-0.2, -0.15) is 0 Å². The summed E-state index contributed by atoms with van der Waals surface area (Å²) in [6.07, 6.45) is 0.139. The van der Waals surface area contributed by atoms with Crippen LogP contribution in [0, 0.1) is 0 Å². The molecule has 0 bridgehead atoms. The van der Waals surface area contributed by atoms with Crippen molar-refractivity contribution in [2.24, 2.45) is 0 Å². The van der Waals surface area contributed by atoms with Crippen molar-refractivity contribution in [3.8, 4) is 11.5 Å². The minimum atomic E-state index is -1.06. The molecule has 2 rings (SSSR count). The van der Waals surface area contributed by atoms with E-state index in [4.69, 9.17) is 14.6 Å². The summed E-state index contributed by atoms with van der Waals surface area (Å²) >= 11 is 0. The molecular formula is C19H21NO5. The van der Waals surface area contributed by atoms with Gasteiger partial charge in [0.2, 0.25) is 5.91 Å². The Labute approximate surface area is 146 Å². The number of ether oxygens (including phenoxy) is 2. The molecule has 0 saturated heterocycles. The first kappa shape index (κ1) is 18.3. The monoisotopic (exact) mass is 343 g/mol. The minimum Gasteiger partial charge on any atom is -0.495 e. The molecule has 25 heavy (non-hydrogen) atoms. The number of hydrogen-bond donors (Lipinski definition) is 2. The third kappa shape index (κ3) is 4.97. The van der Waals surface area contributed by atoms with E-state index in [0.717, 1.165) is 5.56 Å². The minimum absolute atomic E-state index is 0.00729. The molecule has 0 aliphatic carbocycles. The van der Waals surface area contributed by atoms with E-state index in [9.17, 15) is 9.59 Å². The molecule has 0 radical (unpaired) electrons. The van der Waals surface area contributed by atoms with Gasteiger partial charge in [-0.3, -0.25) is 4.79 Å². The number of benzene rings is 2. The predicted octanol–water partition coefficient (Wildman–Crippen LogP) is 3.36. The van der Waals surface area contributed by atoms with Crippen LogP contribution in [0.25, 0.3) is 0 Å². The number of para-hydroxylation sites is 1. The standard InChI is InChI=1S/C19H21NO5/c1-12(2)25-16-7-5-4-6-13(16)11-18(21)20-15-9-8-14(19(22)23)10-17(15)24-3/h4-10,12H,11H2,1-3H3,(H,20,21)(H,22,23). The Morgan fingerprint density at radius 1 is 1.12 bits per heavy atom. The lowest BCUT2D eigenvalue weighted by Crippen LogP contribution is -2.16. The van der Waals surface area contributed by atoms with E-state index in [2.05, 4.69) is 5.32 Å². The van der Waals surface area contributed by atoms with Gasteiger partial charge < -0.3 is 19.9 Å². The molecule has 0 aliphatic heterocycles. The topological polar surface area (TPSA) is 84.9 Å². The lowest BCUT2D eigenvalue weighted by Gasteiger charge is -2.15. The summed E-state index contributed by atoms with van der Waals surface area (Å²) in [4.78, 5) is 23.4. The van der Waals surface area contributed by atoms with E-state index >= 15 is 0 Å². The number of carboxylic acids is 1. The number of nitrogens with one attached hydrogen (secondary N) is 1. The number of amides is 1.